The van der Waals surface area contributed by atoms with Gasteiger partial charge in [0.25, 0.3) is 5.91 Å². The van der Waals surface area contributed by atoms with Crippen molar-refractivity contribution in [2.45, 2.75) is 38.6 Å². The molecule has 2 aromatic heterocycles. The quantitative estimate of drug-likeness (QED) is 0.845. The van der Waals surface area contributed by atoms with Crippen molar-refractivity contribution in [2.75, 3.05) is 19.6 Å². The number of aromatic nitrogens is 5. The number of amides is 2. The SMILES string of the molecule is Cc1n[nH]nc1C(=O)N1CCC[C@@H]2CN(C(=O)CCc3cncnc3)C[C@@H]21. The molecule has 2 aliphatic heterocycles. The number of nitrogens with one attached hydrogen (secondary N) is 1. The predicted molar refractivity (Wildman–Crippen MR) is 95.6 cm³/mol. The summed E-state index contributed by atoms with van der Waals surface area (Å²) in [7, 11) is 0. The molecule has 1 N–H and O–H groups in total. The van der Waals surface area contributed by atoms with Crippen LogP contribution in [-0.4, -0.2) is 72.7 Å². The van der Waals surface area contributed by atoms with Crippen molar-refractivity contribution in [3.8, 4) is 0 Å². The summed E-state index contributed by atoms with van der Waals surface area (Å²) in [6, 6.07) is 0.0614. The molecule has 0 spiro atoms. The maximum atomic E-state index is 12.9. The Morgan fingerprint density at radius 1 is 1.22 bits per heavy atom. The van der Waals surface area contributed by atoms with Crippen molar-refractivity contribution in [3.05, 3.63) is 35.7 Å². The number of carbonyl (C=O) groups is 2. The smallest absolute Gasteiger partial charge is 0.276 e. The number of rotatable bonds is 4. The first kappa shape index (κ1) is 17.6. The molecule has 2 amide bonds. The first-order valence-electron chi connectivity index (χ1n) is 9.33. The number of carbonyl (C=O) groups excluding carboxylic acids is 2. The van der Waals surface area contributed by atoms with Crippen LogP contribution in [0.2, 0.25) is 0 Å². The number of likely N-dealkylation sites (tertiary alicyclic amines) is 2. The molecule has 0 bridgehead atoms. The predicted octanol–water partition coefficient (Wildman–Crippen LogP) is 0.599. The molecule has 0 aromatic carbocycles. The molecule has 9 heteroatoms. The molecular formula is C18H23N7O2. The van der Waals surface area contributed by atoms with Crippen LogP contribution in [0.5, 0.6) is 0 Å². The van der Waals surface area contributed by atoms with Gasteiger partial charge in [-0.15, -0.1) is 0 Å². The molecule has 2 aromatic rings. The first-order valence-corrected chi connectivity index (χ1v) is 9.33. The fourth-order valence-corrected chi connectivity index (χ4v) is 4.13. The fourth-order valence-electron chi connectivity index (χ4n) is 4.13. The van der Waals surface area contributed by atoms with Crippen LogP contribution in [0.25, 0.3) is 0 Å². The first-order chi connectivity index (χ1) is 13.1. The van der Waals surface area contributed by atoms with E-state index in [9.17, 15) is 9.59 Å². The molecule has 2 aliphatic rings. The van der Waals surface area contributed by atoms with Gasteiger partial charge in [0, 0.05) is 38.4 Å². The third kappa shape index (κ3) is 3.54. The van der Waals surface area contributed by atoms with E-state index in [0.29, 0.717) is 43.2 Å². The Balaban J connectivity index is 1.40. The Morgan fingerprint density at radius 2 is 2.04 bits per heavy atom. The maximum absolute atomic E-state index is 12.9. The van der Waals surface area contributed by atoms with Crippen LogP contribution in [0.1, 0.15) is 41.0 Å². The highest BCUT2D eigenvalue weighted by Gasteiger charge is 2.43. The average molecular weight is 369 g/mol. The van der Waals surface area contributed by atoms with Gasteiger partial charge in [0.1, 0.15) is 6.33 Å². The Hall–Kier alpha value is -2.84. The number of hydrogen-bond donors (Lipinski definition) is 1. The molecule has 2 saturated heterocycles. The Labute approximate surface area is 157 Å². The molecule has 2 atom stereocenters. The number of piperidine rings is 1. The number of aromatic amines is 1. The van der Waals surface area contributed by atoms with Crippen LogP contribution in [0, 0.1) is 12.8 Å². The molecule has 2 fully saturated rings. The van der Waals surface area contributed by atoms with Crippen molar-refractivity contribution >= 4 is 11.8 Å². The summed E-state index contributed by atoms with van der Waals surface area (Å²) in [5, 5.41) is 10.5. The second-order valence-electron chi connectivity index (χ2n) is 7.27. The van der Waals surface area contributed by atoms with E-state index in [4.69, 9.17) is 0 Å². The molecule has 9 nitrogen and oxygen atoms in total. The molecule has 142 valence electrons. The Bertz CT molecular complexity index is 822. The maximum Gasteiger partial charge on any atom is 0.276 e. The minimum Gasteiger partial charge on any atom is -0.340 e. The van der Waals surface area contributed by atoms with Gasteiger partial charge in [-0.1, -0.05) is 0 Å². The lowest BCUT2D eigenvalue weighted by Gasteiger charge is -2.36. The fraction of sp³-hybridized carbons (Fsp3) is 0.556. The third-order valence-corrected chi connectivity index (χ3v) is 5.56. The lowest BCUT2D eigenvalue weighted by atomic mass is 9.92. The van der Waals surface area contributed by atoms with Crippen LogP contribution >= 0.6 is 0 Å². The van der Waals surface area contributed by atoms with Crippen LogP contribution in [0.4, 0.5) is 0 Å². The summed E-state index contributed by atoms with van der Waals surface area (Å²) in [4.78, 5) is 37.3. The van der Waals surface area contributed by atoms with Gasteiger partial charge in [-0.2, -0.15) is 15.4 Å². The summed E-state index contributed by atoms with van der Waals surface area (Å²) < 4.78 is 0. The van der Waals surface area contributed by atoms with Crippen molar-refractivity contribution in [3.63, 3.8) is 0 Å². The molecule has 0 radical (unpaired) electrons. The minimum absolute atomic E-state index is 0.0614. The monoisotopic (exact) mass is 369 g/mol. The lowest BCUT2D eigenvalue weighted by Crippen LogP contribution is -2.48. The van der Waals surface area contributed by atoms with E-state index in [2.05, 4.69) is 25.4 Å². The molecule has 27 heavy (non-hydrogen) atoms. The second-order valence-corrected chi connectivity index (χ2v) is 7.27. The molecule has 0 saturated carbocycles. The van der Waals surface area contributed by atoms with E-state index in [0.717, 1.165) is 24.9 Å². The lowest BCUT2D eigenvalue weighted by molar-refractivity contribution is -0.130. The van der Waals surface area contributed by atoms with Crippen LogP contribution in [0.15, 0.2) is 18.7 Å². The standard InChI is InChI=1S/C18H23N7O2/c1-12-17(22-23-21-12)18(27)25-6-2-3-14-9-24(10-15(14)25)16(26)5-4-13-7-19-11-20-8-13/h7-8,11,14-15H,2-6,9-10H2,1H3,(H,21,22,23)/t14-,15+/m1/s1. The summed E-state index contributed by atoms with van der Waals surface area (Å²) in [6.07, 6.45) is 8.03. The summed E-state index contributed by atoms with van der Waals surface area (Å²) in [5.41, 5.74) is 1.95. The molecular weight excluding hydrogens is 346 g/mol. The highest BCUT2D eigenvalue weighted by Crippen LogP contribution is 2.32. The van der Waals surface area contributed by atoms with Gasteiger partial charge in [0.15, 0.2) is 5.69 Å². The van der Waals surface area contributed by atoms with Gasteiger partial charge < -0.3 is 9.80 Å². The van der Waals surface area contributed by atoms with Crippen molar-refractivity contribution in [2.24, 2.45) is 5.92 Å². The van der Waals surface area contributed by atoms with Gasteiger partial charge in [-0.25, -0.2) is 9.97 Å². The number of H-pyrrole nitrogens is 1. The number of aryl methyl sites for hydroxylation is 2. The van der Waals surface area contributed by atoms with Gasteiger partial charge >= 0.3 is 0 Å². The van der Waals surface area contributed by atoms with Gasteiger partial charge in [0.2, 0.25) is 5.91 Å². The third-order valence-electron chi connectivity index (χ3n) is 5.56. The second kappa shape index (κ2) is 7.42. The van der Waals surface area contributed by atoms with E-state index >= 15 is 0 Å². The topological polar surface area (TPSA) is 108 Å². The summed E-state index contributed by atoms with van der Waals surface area (Å²) in [6.45, 7) is 3.79. The van der Waals surface area contributed by atoms with Crippen LogP contribution < -0.4 is 0 Å². The van der Waals surface area contributed by atoms with Gasteiger partial charge in [0.05, 0.1) is 11.7 Å². The van der Waals surface area contributed by atoms with Crippen LogP contribution in [0.3, 0.4) is 0 Å². The van der Waals surface area contributed by atoms with Gasteiger partial charge in [-0.05, 0) is 37.7 Å². The van der Waals surface area contributed by atoms with E-state index in [1.54, 1.807) is 19.3 Å². The zero-order valence-electron chi connectivity index (χ0n) is 15.3. The number of fused-ring (bicyclic) bond motifs is 1. The van der Waals surface area contributed by atoms with Crippen molar-refractivity contribution in [1.29, 1.82) is 0 Å². The Morgan fingerprint density at radius 3 is 2.78 bits per heavy atom. The van der Waals surface area contributed by atoms with E-state index in [1.165, 1.54) is 6.33 Å². The van der Waals surface area contributed by atoms with E-state index < -0.39 is 0 Å². The largest absolute Gasteiger partial charge is 0.340 e. The normalized spacial score (nSPS) is 22.0. The number of nitrogens with zero attached hydrogens (tertiary/aromatic N) is 6. The zero-order chi connectivity index (χ0) is 18.8. The molecule has 4 rings (SSSR count). The molecule has 0 aliphatic carbocycles. The van der Waals surface area contributed by atoms with Crippen LogP contribution in [-0.2, 0) is 11.2 Å². The van der Waals surface area contributed by atoms with Crippen molar-refractivity contribution < 1.29 is 9.59 Å². The minimum atomic E-state index is -0.0910. The van der Waals surface area contributed by atoms with Crippen molar-refractivity contribution in [1.82, 2.24) is 35.2 Å². The molecule has 4 heterocycles. The average Bonchev–Trinajstić information content (AvgIpc) is 3.32. The Kier molecular flexibility index (Phi) is 4.83. The van der Waals surface area contributed by atoms with Gasteiger partial charge in [-0.3, -0.25) is 9.59 Å². The zero-order valence-corrected chi connectivity index (χ0v) is 15.3. The highest BCUT2D eigenvalue weighted by atomic mass is 16.2. The summed E-state index contributed by atoms with van der Waals surface area (Å²) in [5.74, 6) is 0.365. The summed E-state index contributed by atoms with van der Waals surface area (Å²) >= 11 is 0. The van der Waals surface area contributed by atoms with E-state index in [-0.39, 0.29) is 17.9 Å². The number of hydrogen-bond acceptors (Lipinski definition) is 6. The highest BCUT2D eigenvalue weighted by molar-refractivity contribution is 5.93. The molecule has 0 unspecified atom stereocenters. The van der Waals surface area contributed by atoms with E-state index in [1.807, 2.05) is 9.80 Å².